The highest BCUT2D eigenvalue weighted by Crippen LogP contribution is 1.91. The van der Waals surface area contributed by atoms with Crippen LogP contribution in [0, 0.1) is 0 Å². The molecule has 0 spiro atoms. The van der Waals surface area contributed by atoms with Crippen molar-refractivity contribution in [2.24, 2.45) is 5.73 Å². The highest BCUT2D eigenvalue weighted by atomic mass is 32.1. The average molecular weight is 218 g/mol. The maximum absolute atomic E-state index is 11.1. The molecule has 0 aromatic heterocycles. The number of amides is 1. The van der Waals surface area contributed by atoms with Gasteiger partial charge in [0.2, 0.25) is 5.91 Å². The fourth-order valence-corrected chi connectivity index (χ4v) is 1.10. The lowest BCUT2D eigenvalue weighted by Gasteiger charge is -2.04. The zero-order valence-corrected chi connectivity index (χ0v) is 9.36. The summed E-state index contributed by atoms with van der Waals surface area (Å²) >= 11 is 4.71. The maximum Gasteiger partial charge on any atom is 0.220 e. The fourth-order valence-electron chi connectivity index (χ4n) is 0.956. The van der Waals surface area contributed by atoms with Crippen LogP contribution in [0.15, 0.2) is 0 Å². The van der Waals surface area contributed by atoms with Crippen LogP contribution in [0.5, 0.6) is 0 Å². The van der Waals surface area contributed by atoms with E-state index >= 15 is 0 Å². The normalized spacial score (nSPS) is 9.79. The van der Waals surface area contributed by atoms with Crippen molar-refractivity contribution >= 4 is 23.1 Å². The third-order valence-corrected chi connectivity index (χ3v) is 1.88. The molecule has 0 rings (SSSR count). The Labute approximate surface area is 90.2 Å². The van der Waals surface area contributed by atoms with Gasteiger partial charge in [0.15, 0.2) is 0 Å². The summed E-state index contributed by atoms with van der Waals surface area (Å²) in [5, 5.41) is 2.79. The first-order chi connectivity index (χ1) is 6.66. The van der Waals surface area contributed by atoms with Crippen LogP contribution in [0.4, 0.5) is 0 Å². The first kappa shape index (κ1) is 13.3. The minimum atomic E-state index is 0.0602. The Morgan fingerprint density at radius 1 is 1.43 bits per heavy atom. The van der Waals surface area contributed by atoms with Crippen molar-refractivity contribution in [1.29, 1.82) is 0 Å². The van der Waals surface area contributed by atoms with Crippen LogP contribution in [0.25, 0.3) is 0 Å². The summed E-state index contributed by atoms with van der Waals surface area (Å²) in [6.07, 6.45) is 2.78. The second-order valence-electron chi connectivity index (χ2n) is 3.02. The Morgan fingerprint density at radius 3 is 2.71 bits per heavy atom. The molecule has 0 aliphatic rings. The molecule has 0 fully saturated rings. The molecule has 3 N–H and O–H groups in total. The van der Waals surface area contributed by atoms with Crippen molar-refractivity contribution in [3.05, 3.63) is 0 Å². The minimum absolute atomic E-state index is 0.0602. The predicted molar refractivity (Wildman–Crippen MR) is 60.1 cm³/mol. The molecule has 0 aromatic carbocycles. The van der Waals surface area contributed by atoms with Crippen LogP contribution in [-0.4, -0.2) is 31.2 Å². The molecule has 0 heterocycles. The molecule has 1 amide bonds. The standard InChI is InChI=1S/C9H18N2O2S/c1-13-7-3-5-9(12)11-6-2-4-8(10)14/h2-7H2,1H3,(H2,10,14)(H,11,12). The molecule has 0 atom stereocenters. The number of carbonyl (C=O) groups is 1. The summed E-state index contributed by atoms with van der Waals surface area (Å²) in [4.78, 5) is 11.6. The highest BCUT2D eigenvalue weighted by Gasteiger charge is 1.99. The number of methoxy groups -OCH3 is 1. The summed E-state index contributed by atoms with van der Waals surface area (Å²) in [5.41, 5.74) is 5.31. The topological polar surface area (TPSA) is 64.3 Å². The van der Waals surface area contributed by atoms with E-state index in [-0.39, 0.29) is 5.91 Å². The van der Waals surface area contributed by atoms with E-state index in [1.807, 2.05) is 0 Å². The van der Waals surface area contributed by atoms with E-state index in [9.17, 15) is 4.79 Å². The largest absolute Gasteiger partial charge is 0.393 e. The Bertz CT molecular complexity index is 186. The third kappa shape index (κ3) is 9.41. The number of hydrogen-bond acceptors (Lipinski definition) is 3. The first-order valence-corrected chi connectivity index (χ1v) is 5.11. The molecule has 0 aliphatic heterocycles. The molecule has 0 unspecified atom stereocenters. The minimum Gasteiger partial charge on any atom is -0.393 e. The second-order valence-corrected chi connectivity index (χ2v) is 3.54. The molecule has 0 bridgehead atoms. The predicted octanol–water partition coefficient (Wildman–Crippen LogP) is 0.596. The Kier molecular flexibility index (Phi) is 8.47. The average Bonchev–Trinajstić information content (AvgIpc) is 2.13. The van der Waals surface area contributed by atoms with E-state index in [1.165, 1.54) is 0 Å². The molecule has 0 saturated heterocycles. The zero-order valence-electron chi connectivity index (χ0n) is 8.54. The van der Waals surface area contributed by atoms with Gasteiger partial charge in [0, 0.05) is 26.7 Å². The zero-order chi connectivity index (χ0) is 10.8. The van der Waals surface area contributed by atoms with Gasteiger partial charge in [-0.25, -0.2) is 0 Å². The van der Waals surface area contributed by atoms with Crippen molar-refractivity contribution in [1.82, 2.24) is 5.32 Å². The van der Waals surface area contributed by atoms with Gasteiger partial charge >= 0.3 is 0 Å². The van der Waals surface area contributed by atoms with Gasteiger partial charge in [0.25, 0.3) is 0 Å². The smallest absolute Gasteiger partial charge is 0.220 e. The van der Waals surface area contributed by atoms with Gasteiger partial charge in [-0.15, -0.1) is 0 Å². The van der Waals surface area contributed by atoms with Gasteiger partial charge in [0.05, 0.1) is 4.99 Å². The maximum atomic E-state index is 11.1. The van der Waals surface area contributed by atoms with Gasteiger partial charge in [-0.1, -0.05) is 12.2 Å². The lowest BCUT2D eigenvalue weighted by Crippen LogP contribution is -2.25. The van der Waals surface area contributed by atoms with Gasteiger partial charge in [-0.2, -0.15) is 0 Å². The molecule has 82 valence electrons. The first-order valence-electron chi connectivity index (χ1n) is 4.70. The SMILES string of the molecule is COCCCC(=O)NCCCC(N)=S. The van der Waals surface area contributed by atoms with Crippen molar-refractivity contribution in [2.45, 2.75) is 25.7 Å². The van der Waals surface area contributed by atoms with E-state index in [0.717, 1.165) is 12.8 Å². The Hall–Kier alpha value is -0.680. The van der Waals surface area contributed by atoms with Crippen molar-refractivity contribution in [3.63, 3.8) is 0 Å². The van der Waals surface area contributed by atoms with E-state index in [4.69, 9.17) is 22.7 Å². The summed E-state index contributed by atoms with van der Waals surface area (Å²) in [6, 6.07) is 0. The molecular formula is C9H18N2O2S. The number of nitrogens with one attached hydrogen (secondary N) is 1. The number of nitrogens with two attached hydrogens (primary N) is 1. The van der Waals surface area contributed by atoms with Crippen LogP contribution in [0.3, 0.4) is 0 Å². The van der Waals surface area contributed by atoms with Crippen LogP contribution >= 0.6 is 12.2 Å². The molecular weight excluding hydrogens is 200 g/mol. The van der Waals surface area contributed by atoms with Crippen LogP contribution in [0.2, 0.25) is 0 Å². The molecule has 0 radical (unpaired) electrons. The summed E-state index contributed by atoms with van der Waals surface area (Å²) < 4.78 is 4.84. The second kappa shape index (κ2) is 8.90. The van der Waals surface area contributed by atoms with Gasteiger partial charge in [-0.3, -0.25) is 4.79 Å². The van der Waals surface area contributed by atoms with E-state index in [0.29, 0.717) is 31.0 Å². The molecule has 0 saturated carbocycles. The van der Waals surface area contributed by atoms with Gasteiger partial charge < -0.3 is 15.8 Å². The summed E-state index contributed by atoms with van der Waals surface area (Å²) in [5.74, 6) is 0.0602. The molecule has 0 aromatic rings. The van der Waals surface area contributed by atoms with Gasteiger partial charge in [-0.05, 0) is 19.3 Å². The van der Waals surface area contributed by atoms with Crippen LogP contribution in [-0.2, 0) is 9.53 Å². The van der Waals surface area contributed by atoms with Crippen LogP contribution < -0.4 is 11.1 Å². The molecule has 14 heavy (non-hydrogen) atoms. The molecule has 5 heteroatoms. The van der Waals surface area contributed by atoms with E-state index in [1.54, 1.807) is 7.11 Å². The quantitative estimate of drug-likeness (QED) is 0.462. The highest BCUT2D eigenvalue weighted by molar-refractivity contribution is 7.80. The lowest BCUT2D eigenvalue weighted by atomic mass is 10.3. The van der Waals surface area contributed by atoms with Crippen molar-refractivity contribution in [3.8, 4) is 0 Å². The fraction of sp³-hybridized carbons (Fsp3) is 0.778. The Morgan fingerprint density at radius 2 is 2.14 bits per heavy atom. The number of carbonyl (C=O) groups excluding carboxylic acids is 1. The number of rotatable bonds is 8. The number of ether oxygens (including phenoxy) is 1. The summed E-state index contributed by atoms with van der Waals surface area (Å²) in [6.45, 7) is 1.27. The van der Waals surface area contributed by atoms with Crippen LogP contribution in [0.1, 0.15) is 25.7 Å². The van der Waals surface area contributed by atoms with E-state index < -0.39 is 0 Å². The number of thiocarbonyl (C=S) groups is 1. The van der Waals surface area contributed by atoms with Crippen molar-refractivity contribution in [2.75, 3.05) is 20.3 Å². The Balaban J connectivity index is 3.22. The molecule has 4 nitrogen and oxygen atoms in total. The van der Waals surface area contributed by atoms with Crippen molar-refractivity contribution < 1.29 is 9.53 Å². The number of hydrogen-bond donors (Lipinski definition) is 2. The third-order valence-electron chi connectivity index (χ3n) is 1.67. The summed E-state index contributed by atoms with van der Waals surface area (Å²) in [7, 11) is 1.63. The lowest BCUT2D eigenvalue weighted by molar-refractivity contribution is -0.121. The van der Waals surface area contributed by atoms with Gasteiger partial charge in [0.1, 0.15) is 0 Å². The monoisotopic (exact) mass is 218 g/mol. The molecule has 0 aliphatic carbocycles. The van der Waals surface area contributed by atoms with E-state index in [2.05, 4.69) is 5.32 Å².